The highest BCUT2D eigenvalue weighted by molar-refractivity contribution is 5.62. The van der Waals surface area contributed by atoms with E-state index in [0.717, 1.165) is 30.9 Å². The summed E-state index contributed by atoms with van der Waals surface area (Å²) in [6, 6.07) is 10.4. The Hall–Kier alpha value is -1.81. The van der Waals surface area contributed by atoms with Crippen molar-refractivity contribution in [3.05, 3.63) is 35.9 Å². The highest BCUT2D eigenvalue weighted by atomic mass is 16.5. The molecule has 0 saturated carbocycles. The summed E-state index contributed by atoms with van der Waals surface area (Å²) in [6.07, 6.45) is 1.10. The number of benzene rings is 1. The molecule has 0 radical (unpaired) electrons. The van der Waals surface area contributed by atoms with Crippen LogP contribution in [0, 0.1) is 5.92 Å². The maximum atomic E-state index is 5.58. The van der Waals surface area contributed by atoms with E-state index in [1.165, 1.54) is 5.56 Å². The largest absolute Gasteiger partial charge is 0.382 e. The zero-order chi connectivity index (χ0) is 11.7. The summed E-state index contributed by atoms with van der Waals surface area (Å²) in [7, 11) is 0. The number of nitrogens with zero attached hydrogens (tertiary/aromatic N) is 1. The van der Waals surface area contributed by atoms with Crippen LogP contribution in [-0.2, 0) is 11.2 Å². The van der Waals surface area contributed by atoms with Crippen LogP contribution in [0.4, 0.5) is 5.82 Å². The Morgan fingerprint density at radius 3 is 2.59 bits per heavy atom. The number of aromatic amines is 1. The topological polar surface area (TPSA) is 63.9 Å². The second-order valence-corrected chi connectivity index (χ2v) is 4.51. The zero-order valence-electron chi connectivity index (χ0n) is 9.52. The lowest BCUT2D eigenvalue weighted by molar-refractivity contribution is -0.0312. The molecule has 1 fully saturated rings. The molecule has 3 N–H and O–H groups in total. The van der Waals surface area contributed by atoms with E-state index in [1.807, 2.05) is 6.07 Å². The van der Waals surface area contributed by atoms with Gasteiger partial charge in [-0.2, -0.15) is 5.10 Å². The fourth-order valence-corrected chi connectivity index (χ4v) is 2.04. The van der Waals surface area contributed by atoms with Crippen LogP contribution in [-0.4, -0.2) is 23.4 Å². The maximum absolute atomic E-state index is 5.58. The third-order valence-corrected chi connectivity index (χ3v) is 3.09. The summed E-state index contributed by atoms with van der Waals surface area (Å²) < 4.78 is 5.18. The molecule has 17 heavy (non-hydrogen) atoms. The monoisotopic (exact) mass is 229 g/mol. The van der Waals surface area contributed by atoms with E-state index in [4.69, 9.17) is 10.5 Å². The number of aromatic nitrogens is 2. The maximum Gasteiger partial charge on any atom is 0.145 e. The smallest absolute Gasteiger partial charge is 0.145 e. The minimum atomic E-state index is 0.524. The molecule has 1 aliphatic rings. The number of H-pyrrole nitrogens is 1. The number of hydrogen-bond donors (Lipinski definition) is 2. The van der Waals surface area contributed by atoms with Gasteiger partial charge in [0.15, 0.2) is 0 Å². The lowest BCUT2D eigenvalue weighted by Crippen LogP contribution is -2.29. The standard InChI is InChI=1S/C13H15N3O/c14-13-6-12(15-16-13)11-3-1-9(2-4-11)5-10-7-17-8-10/h1-4,6,10H,5,7-8H2,(H3,14,15,16). The van der Waals surface area contributed by atoms with Crippen molar-refractivity contribution in [1.82, 2.24) is 10.2 Å². The average molecular weight is 229 g/mol. The van der Waals surface area contributed by atoms with E-state index in [9.17, 15) is 0 Å². The Morgan fingerprint density at radius 2 is 2.06 bits per heavy atom. The van der Waals surface area contributed by atoms with Gasteiger partial charge in [0.1, 0.15) is 5.82 Å². The van der Waals surface area contributed by atoms with E-state index in [2.05, 4.69) is 34.5 Å². The van der Waals surface area contributed by atoms with Crippen LogP contribution in [0.15, 0.2) is 30.3 Å². The molecule has 1 saturated heterocycles. The Bertz CT molecular complexity index is 500. The van der Waals surface area contributed by atoms with Gasteiger partial charge < -0.3 is 10.5 Å². The molecule has 0 bridgehead atoms. The van der Waals surface area contributed by atoms with E-state index in [1.54, 1.807) is 0 Å². The van der Waals surface area contributed by atoms with Gasteiger partial charge in [0.05, 0.1) is 18.9 Å². The summed E-state index contributed by atoms with van der Waals surface area (Å²) in [5.74, 6) is 1.22. The number of nitrogen functional groups attached to an aromatic ring is 1. The second kappa shape index (κ2) is 4.22. The van der Waals surface area contributed by atoms with E-state index in [0.29, 0.717) is 11.7 Å². The van der Waals surface area contributed by atoms with E-state index < -0.39 is 0 Å². The molecule has 2 heterocycles. The second-order valence-electron chi connectivity index (χ2n) is 4.51. The van der Waals surface area contributed by atoms with Crippen LogP contribution >= 0.6 is 0 Å². The van der Waals surface area contributed by atoms with Crippen molar-refractivity contribution < 1.29 is 4.74 Å². The highest BCUT2D eigenvalue weighted by Gasteiger charge is 2.18. The molecule has 0 amide bonds. The highest BCUT2D eigenvalue weighted by Crippen LogP contribution is 2.21. The number of nitrogens with one attached hydrogen (secondary N) is 1. The molecule has 1 aromatic heterocycles. The van der Waals surface area contributed by atoms with Crippen LogP contribution in [0.5, 0.6) is 0 Å². The Labute approximate surface area is 99.8 Å². The summed E-state index contributed by atoms with van der Waals surface area (Å²) in [4.78, 5) is 0. The number of rotatable bonds is 3. The van der Waals surface area contributed by atoms with Crippen LogP contribution in [0.1, 0.15) is 5.56 Å². The van der Waals surface area contributed by atoms with Gasteiger partial charge >= 0.3 is 0 Å². The van der Waals surface area contributed by atoms with Gasteiger partial charge in [0, 0.05) is 12.0 Å². The predicted molar refractivity (Wildman–Crippen MR) is 66.4 cm³/mol. The number of ether oxygens (including phenoxy) is 1. The first-order valence-electron chi connectivity index (χ1n) is 5.79. The predicted octanol–water partition coefficient (Wildman–Crippen LogP) is 1.85. The first-order chi connectivity index (χ1) is 8.31. The van der Waals surface area contributed by atoms with Crippen molar-refractivity contribution in [1.29, 1.82) is 0 Å². The summed E-state index contributed by atoms with van der Waals surface area (Å²) in [5.41, 5.74) is 9.01. The van der Waals surface area contributed by atoms with Gasteiger partial charge in [0.2, 0.25) is 0 Å². The van der Waals surface area contributed by atoms with E-state index in [-0.39, 0.29) is 0 Å². The molecule has 4 nitrogen and oxygen atoms in total. The molecule has 0 atom stereocenters. The Kier molecular flexibility index (Phi) is 2.57. The quantitative estimate of drug-likeness (QED) is 0.844. The minimum absolute atomic E-state index is 0.524. The van der Waals surface area contributed by atoms with Crippen LogP contribution < -0.4 is 5.73 Å². The van der Waals surface area contributed by atoms with Crippen LogP contribution in [0.2, 0.25) is 0 Å². The number of nitrogens with two attached hydrogens (primary N) is 1. The molecule has 0 unspecified atom stereocenters. The van der Waals surface area contributed by atoms with E-state index >= 15 is 0 Å². The average Bonchev–Trinajstić information content (AvgIpc) is 2.71. The molecule has 1 aromatic carbocycles. The molecule has 4 heteroatoms. The first-order valence-corrected chi connectivity index (χ1v) is 5.79. The molecule has 0 spiro atoms. The van der Waals surface area contributed by atoms with Crippen molar-refractivity contribution in [3.63, 3.8) is 0 Å². The summed E-state index contributed by atoms with van der Waals surface area (Å²) in [5, 5.41) is 6.83. The van der Waals surface area contributed by atoms with Gasteiger partial charge in [-0.25, -0.2) is 0 Å². The third-order valence-electron chi connectivity index (χ3n) is 3.09. The van der Waals surface area contributed by atoms with Crippen LogP contribution in [0.25, 0.3) is 11.3 Å². The summed E-state index contributed by atoms with van der Waals surface area (Å²) >= 11 is 0. The summed E-state index contributed by atoms with van der Waals surface area (Å²) in [6.45, 7) is 1.80. The van der Waals surface area contributed by atoms with Crippen molar-refractivity contribution in [2.45, 2.75) is 6.42 Å². The lowest BCUT2D eigenvalue weighted by atomic mass is 9.97. The molecule has 88 valence electrons. The van der Waals surface area contributed by atoms with Crippen molar-refractivity contribution in [2.24, 2.45) is 5.92 Å². The van der Waals surface area contributed by atoms with Gasteiger partial charge in [-0.3, -0.25) is 5.10 Å². The fraction of sp³-hybridized carbons (Fsp3) is 0.308. The number of anilines is 1. The SMILES string of the molecule is Nc1cc(-c2ccc(CC3COC3)cc2)[nH]n1. The number of hydrogen-bond acceptors (Lipinski definition) is 3. The Morgan fingerprint density at radius 1 is 1.29 bits per heavy atom. The molecular formula is C13H15N3O. The molecular weight excluding hydrogens is 214 g/mol. The van der Waals surface area contributed by atoms with Gasteiger partial charge in [-0.1, -0.05) is 24.3 Å². The molecule has 2 aromatic rings. The van der Waals surface area contributed by atoms with Crippen molar-refractivity contribution in [2.75, 3.05) is 18.9 Å². The first kappa shape index (κ1) is 10.4. The fourth-order valence-electron chi connectivity index (χ4n) is 2.04. The van der Waals surface area contributed by atoms with Crippen molar-refractivity contribution in [3.8, 4) is 11.3 Å². The zero-order valence-corrected chi connectivity index (χ0v) is 9.52. The lowest BCUT2D eigenvalue weighted by Gasteiger charge is -2.25. The minimum Gasteiger partial charge on any atom is -0.382 e. The van der Waals surface area contributed by atoms with Gasteiger partial charge in [-0.05, 0) is 17.5 Å². The van der Waals surface area contributed by atoms with Gasteiger partial charge in [-0.15, -0.1) is 0 Å². The van der Waals surface area contributed by atoms with Gasteiger partial charge in [0.25, 0.3) is 0 Å². The molecule has 1 aliphatic heterocycles. The van der Waals surface area contributed by atoms with Crippen molar-refractivity contribution >= 4 is 5.82 Å². The van der Waals surface area contributed by atoms with Crippen LogP contribution in [0.3, 0.4) is 0 Å². The molecule has 3 rings (SSSR count). The molecule has 0 aliphatic carbocycles. The Balaban J connectivity index is 1.75. The third kappa shape index (κ3) is 2.17. The normalized spacial score (nSPS) is 15.8.